The SMILES string of the molecule is O=C1SC(=Cc2ccc3c(cnn3Cc3ccc(Cl)cc3C(F)(F)F)c2)C(=O)N1C[C@H]1CN2CCOC[C@H]2CO1. The van der Waals surface area contributed by atoms with E-state index in [1.165, 1.54) is 21.7 Å². The first kappa shape index (κ1) is 27.3. The molecule has 3 aromatic rings. The van der Waals surface area contributed by atoms with Gasteiger partial charge in [0, 0.05) is 23.5 Å². The zero-order chi connectivity index (χ0) is 28.0. The summed E-state index contributed by atoms with van der Waals surface area (Å²) in [6, 6.07) is 9.14. The number of halogens is 4. The number of benzene rings is 2. The van der Waals surface area contributed by atoms with Gasteiger partial charge in [0.1, 0.15) is 0 Å². The summed E-state index contributed by atoms with van der Waals surface area (Å²) >= 11 is 6.68. The van der Waals surface area contributed by atoms with E-state index in [0.717, 1.165) is 24.4 Å². The van der Waals surface area contributed by atoms with Crippen molar-refractivity contribution in [1.29, 1.82) is 0 Å². The molecule has 3 saturated heterocycles. The van der Waals surface area contributed by atoms with Gasteiger partial charge in [0.05, 0.1) is 67.2 Å². The van der Waals surface area contributed by atoms with Crippen LogP contribution in [0.1, 0.15) is 16.7 Å². The monoisotopic (exact) mass is 592 g/mol. The van der Waals surface area contributed by atoms with Crippen LogP contribution in [0.3, 0.4) is 0 Å². The second-order valence-corrected chi connectivity index (χ2v) is 11.3. The van der Waals surface area contributed by atoms with Crippen LogP contribution < -0.4 is 0 Å². The summed E-state index contributed by atoms with van der Waals surface area (Å²) in [5, 5.41) is 4.62. The van der Waals surface area contributed by atoms with Gasteiger partial charge in [0.15, 0.2) is 0 Å². The Bertz CT molecular complexity index is 1510. The van der Waals surface area contributed by atoms with Crippen LogP contribution in [0, 0.1) is 0 Å². The fourth-order valence-corrected chi connectivity index (χ4v) is 6.22. The van der Waals surface area contributed by atoms with Gasteiger partial charge in [-0.3, -0.25) is 24.1 Å². The number of nitrogens with zero attached hydrogens (tertiary/aromatic N) is 4. The highest BCUT2D eigenvalue weighted by Crippen LogP contribution is 2.35. The molecule has 4 heterocycles. The molecule has 2 atom stereocenters. The van der Waals surface area contributed by atoms with E-state index in [9.17, 15) is 22.8 Å². The van der Waals surface area contributed by atoms with Crippen LogP contribution in [0.2, 0.25) is 5.02 Å². The molecule has 13 heteroatoms. The summed E-state index contributed by atoms with van der Waals surface area (Å²) in [4.78, 5) is 29.6. The van der Waals surface area contributed by atoms with Gasteiger partial charge in [-0.25, -0.2) is 0 Å². The lowest BCUT2D eigenvalue weighted by Gasteiger charge is -2.42. The van der Waals surface area contributed by atoms with Gasteiger partial charge in [0.2, 0.25) is 0 Å². The second kappa shape index (κ2) is 10.8. The van der Waals surface area contributed by atoms with E-state index in [4.69, 9.17) is 21.1 Å². The Morgan fingerprint density at radius 2 is 2.00 bits per heavy atom. The van der Waals surface area contributed by atoms with E-state index < -0.39 is 11.7 Å². The maximum Gasteiger partial charge on any atom is 0.416 e. The minimum atomic E-state index is -4.55. The number of hydrogen-bond donors (Lipinski definition) is 0. The number of imide groups is 1. The maximum atomic E-state index is 13.5. The Morgan fingerprint density at radius 1 is 1.15 bits per heavy atom. The molecule has 3 fully saturated rings. The summed E-state index contributed by atoms with van der Waals surface area (Å²) < 4.78 is 53.5. The van der Waals surface area contributed by atoms with Gasteiger partial charge in [-0.15, -0.1) is 0 Å². The van der Waals surface area contributed by atoms with Crippen LogP contribution in [0.25, 0.3) is 17.0 Å². The van der Waals surface area contributed by atoms with Crippen LogP contribution in [-0.2, 0) is 27.0 Å². The number of ether oxygens (including phenoxy) is 2. The highest BCUT2D eigenvalue weighted by Gasteiger charge is 2.39. The lowest BCUT2D eigenvalue weighted by molar-refractivity contribution is -0.138. The van der Waals surface area contributed by atoms with Crippen LogP contribution in [0.4, 0.5) is 18.0 Å². The number of aromatic nitrogens is 2. The number of rotatable bonds is 5. The number of carbonyl (C=O) groups excluding carboxylic acids is 2. The van der Waals surface area contributed by atoms with Crippen molar-refractivity contribution < 1.29 is 32.2 Å². The first-order valence-corrected chi connectivity index (χ1v) is 13.8. The van der Waals surface area contributed by atoms with Gasteiger partial charge >= 0.3 is 6.18 Å². The molecule has 2 amide bonds. The molecule has 1 aromatic heterocycles. The molecule has 0 bridgehead atoms. The molecule has 3 aliphatic heterocycles. The van der Waals surface area contributed by atoms with Crippen LogP contribution in [-0.4, -0.2) is 82.3 Å². The summed E-state index contributed by atoms with van der Waals surface area (Å²) in [6.45, 7) is 3.30. The van der Waals surface area contributed by atoms with Gasteiger partial charge in [-0.2, -0.15) is 18.3 Å². The quantitative estimate of drug-likeness (QED) is 0.390. The lowest BCUT2D eigenvalue weighted by atomic mass is 10.1. The lowest BCUT2D eigenvalue weighted by Crippen LogP contribution is -2.57. The number of fused-ring (bicyclic) bond motifs is 2. The Kier molecular flexibility index (Phi) is 7.38. The molecule has 8 nitrogen and oxygen atoms in total. The van der Waals surface area contributed by atoms with E-state index in [1.807, 2.05) is 0 Å². The van der Waals surface area contributed by atoms with Crippen molar-refractivity contribution in [3.05, 3.63) is 69.2 Å². The minimum absolute atomic E-state index is 0.00691. The van der Waals surface area contributed by atoms with Crippen LogP contribution >= 0.6 is 23.4 Å². The first-order valence-electron chi connectivity index (χ1n) is 12.7. The number of morpholine rings is 2. The van der Waals surface area contributed by atoms with Crippen molar-refractivity contribution in [2.24, 2.45) is 0 Å². The Labute approximate surface area is 236 Å². The van der Waals surface area contributed by atoms with E-state index in [1.54, 1.807) is 30.5 Å². The first-order chi connectivity index (χ1) is 19.2. The van der Waals surface area contributed by atoms with Crippen molar-refractivity contribution in [1.82, 2.24) is 19.6 Å². The summed E-state index contributed by atoms with van der Waals surface area (Å²) in [7, 11) is 0. The van der Waals surface area contributed by atoms with Crippen molar-refractivity contribution in [2.45, 2.75) is 24.9 Å². The van der Waals surface area contributed by atoms with Gasteiger partial charge in [-0.1, -0.05) is 23.7 Å². The van der Waals surface area contributed by atoms with Crippen LogP contribution in [0.5, 0.6) is 0 Å². The van der Waals surface area contributed by atoms with Gasteiger partial charge in [-0.05, 0) is 53.2 Å². The standard InChI is InChI=1S/C27H24ClF3N4O4S/c28-19-3-2-17(22(9-19)27(29,30)31)11-35-23-4-1-16(7-18(23)10-32-35)8-24-25(36)34(26(37)40-24)13-21-12-33-5-6-38-14-20(33)15-39-21/h1-4,7-10,20-21H,5-6,11-15H2/t20-,21+/m0/s1. The molecular weight excluding hydrogens is 569 g/mol. The molecule has 0 N–H and O–H groups in total. The molecule has 0 radical (unpaired) electrons. The van der Waals surface area contributed by atoms with E-state index in [0.29, 0.717) is 47.7 Å². The zero-order valence-electron chi connectivity index (χ0n) is 21.1. The molecule has 0 unspecified atom stereocenters. The summed E-state index contributed by atoms with van der Waals surface area (Å²) in [6.07, 6.45) is -1.61. The minimum Gasteiger partial charge on any atom is -0.378 e. The Morgan fingerprint density at radius 3 is 2.83 bits per heavy atom. The summed E-state index contributed by atoms with van der Waals surface area (Å²) in [5.74, 6) is -0.374. The van der Waals surface area contributed by atoms with Crippen molar-refractivity contribution in [3.8, 4) is 0 Å². The highest BCUT2D eigenvalue weighted by molar-refractivity contribution is 8.18. The third-order valence-corrected chi connectivity index (χ3v) is 8.38. The zero-order valence-corrected chi connectivity index (χ0v) is 22.6. The number of hydrogen-bond acceptors (Lipinski definition) is 7. The molecule has 6 rings (SSSR count). The maximum absolute atomic E-state index is 13.5. The fourth-order valence-electron chi connectivity index (χ4n) is 5.20. The third kappa shape index (κ3) is 5.51. The third-order valence-electron chi connectivity index (χ3n) is 7.23. The normalized spacial score (nSPS) is 23.4. The number of carbonyl (C=O) groups is 2. The smallest absolute Gasteiger partial charge is 0.378 e. The molecule has 3 aliphatic rings. The number of thioether (sulfide) groups is 1. The fraction of sp³-hybridized carbons (Fsp3) is 0.370. The molecule has 0 spiro atoms. The predicted molar refractivity (Wildman–Crippen MR) is 144 cm³/mol. The topological polar surface area (TPSA) is 76.9 Å². The van der Waals surface area contributed by atoms with Crippen molar-refractivity contribution >= 4 is 51.5 Å². The van der Waals surface area contributed by atoms with Crippen LogP contribution in [0.15, 0.2) is 47.5 Å². The molecule has 40 heavy (non-hydrogen) atoms. The Hall–Kier alpha value is -2.90. The molecule has 210 valence electrons. The van der Waals surface area contributed by atoms with Gasteiger partial charge in [0.25, 0.3) is 11.1 Å². The highest BCUT2D eigenvalue weighted by atomic mass is 35.5. The van der Waals surface area contributed by atoms with Crippen molar-refractivity contribution in [2.75, 3.05) is 39.5 Å². The molecule has 0 saturated carbocycles. The molecule has 2 aromatic carbocycles. The van der Waals surface area contributed by atoms with Gasteiger partial charge < -0.3 is 9.47 Å². The summed E-state index contributed by atoms with van der Waals surface area (Å²) in [5.41, 5.74) is 0.541. The van der Waals surface area contributed by atoms with E-state index in [-0.39, 0.29) is 47.0 Å². The second-order valence-electron chi connectivity index (χ2n) is 9.89. The molecular formula is C27H24ClF3N4O4S. The van der Waals surface area contributed by atoms with E-state index >= 15 is 0 Å². The average molecular weight is 593 g/mol. The predicted octanol–water partition coefficient (Wildman–Crippen LogP) is 4.89. The average Bonchev–Trinajstić information content (AvgIpc) is 3.44. The molecule has 0 aliphatic carbocycles. The largest absolute Gasteiger partial charge is 0.416 e. The van der Waals surface area contributed by atoms with Crippen molar-refractivity contribution in [3.63, 3.8) is 0 Å². The Balaban J connectivity index is 1.17. The van der Waals surface area contributed by atoms with E-state index in [2.05, 4.69) is 10.00 Å². The number of amides is 2. The number of alkyl halides is 3.